The fourth-order valence-electron chi connectivity index (χ4n) is 2.05. The molecule has 0 fully saturated rings. The van der Waals surface area contributed by atoms with Crippen molar-refractivity contribution in [1.29, 1.82) is 0 Å². The van der Waals surface area contributed by atoms with Crippen LogP contribution in [0.1, 0.15) is 42.2 Å². The second-order valence-electron chi connectivity index (χ2n) is 5.09. The number of nitrogens with one attached hydrogen (secondary N) is 1. The highest BCUT2D eigenvalue weighted by Crippen LogP contribution is 2.19. The Bertz CT molecular complexity index is 648. The van der Waals surface area contributed by atoms with Gasteiger partial charge in [0.1, 0.15) is 11.5 Å². The Morgan fingerprint density at radius 1 is 1.26 bits per heavy atom. The van der Waals surface area contributed by atoms with Crippen molar-refractivity contribution < 1.29 is 9.18 Å². The lowest BCUT2D eigenvalue weighted by atomic mass is 10.1. The molecule has 0 bridgehead atoms. The Morgan fingerprint density at radius 3 is 2.65 bits per heavy atom. The number of carbonyl (C=O) groups is 1. The number of rotatable bonds is 6. The van der Waals surface area contributed by atoms with E-state index in [1.54, 1.807) is 12.3 Å². The van der Waals surface area contributed by atoms with Gasteiger partial charge in [-0.25, -0.2) is 4.39 Å². The third kappa shape index (κ3) is 5.81. The van der Waals surface area contributed by atoms with Crippen LogP contribution in [0.15, 0.2) is 36.5 Å². The number of aromatic nitrogens is 1. The molecule has 1 aromatic heterocycles. The molecular formula is C17H19Cl2FN2O. The van der Waals surface area contributed by atoms with Gasteiger partial charge < -0.3 is 5.32 Å². The number of aryl methyl sites for hydroxylation is 1. The molecule has 2 aromatic rings. The Labute approximate surface area is 146 Å². The van der Waals surface area contributed by atoms with Crippen LogP contribution in [-0.4, -0.2) is 10.9 Å². The number of amides is 1. The second kappa shape index (κ2) is 9.48. The Hall–Kier alpha value is -1.65. The summed E-state index contributed by atoms with van der Waals surface area (Å²) in [4.78, 5) is 16.2. The largest absolute Gasteiger partial charge is 0.321 e. The van der Waals surface area contributed by atoms with E-state index in [2.05, 4.69) is 17.2 Å². The molecule has 23 heavy (non-hydrogen) atoms. The fraction of sp³-hybridized carbons (Fsp3) is 0.294. The number of hydrogen-bond acceptors (Lipinski definition) is 2. The van der Waals surface area contributed by atoms with Gasteiger partial charge in [-0.2, -0.15) is 0 Å². The molecule has 1 N–H and O–H groups in total. The molecule has 0 aliphatic heterocycles. The Kier molecular flexibility index (Phi) is 8.00. The summed E-state index contributed by atoms with van der Waals surface area (Å²) in [6.45, 7) is 2.16. The molecule has 0 saturated carbocycles. The van der Waals surface area contributed by atoms with Gasteiger partial charge in [0, 0.05) is 11.9 Å². The van der Waals surface area contributed by atoms with E-state index in [1.807, 2.05) is 6.07 Å². The summed E-state index contributed by atoms with van der Waals surface area (Å²) in [7, 11) is 0. The van der Waals surface area contributed by atoms with Crippen molar-refractivity contribution in [1.82, 2.24) is 4.98 Å². The molecule has 1 amide bonds. The predicted molar refractivity (Wildman–Crippen MR) is 94.1 cm³/mol. The fourth-order valence-corrected chi connectivity index (χ4v) is 2.24. The van der Waals surface area contributed by atoms with E-state index in [4.69, 9.17) is 11.6 Å². The number of anilines is 1. The molecule has 0 atom stereocenters. The van der Waals surface area contributed by atoms with E-state index in [1.165, 1.54) is 31.0 Å². The SMILES string of the molecule is CCCCCc1ccc(C(=O)Nc2ccc(F)c(Cl)c2)nc1.Cl. The zero-order valence-corrected chi connectivity index (χ0v) is 14.4. The van der Waals surface area contributed by atoms with E-state index >= 15 is 0 Å². The molecular weight excluding hydrogens is 338 g/mol. The van der Waals surface area contributed by atoms with Gasteiger partial charge in [0.15, 0.2) is 0 Å². The zero-order chi connectivity index (χ0) is 15.9. The number of nitrogens with zero attached hydrogens (tertiary/aromatic N) is 1. The quantitative estimate of drug-likeness (QED) is 0.715. The molecule has 0 spiro atoms. The van der Waals surface area contributed by atoms with Crippen molar-refractivity contribution in [3.63, 3.8) is 0 Å². The zero-order valence-electron chi connectivity index (χ0n) is 12.8. The second-order valence-corrected chi connectivity index (χ2v) is 5.50. The Morgan fingerprint density at radius 2 is 2.04 bits per heavy atom. The maximum atomic E-state index is 13.1. The van der Waals surface area contributed by atoms with Crippen molar-refractivity contribution in [2.45, 2.75) is 32.6 Å². The van der Waals surface area contributed by atoms with Crippen LogP contribution in [0, 0.1) is 5.82 Å². The van der Waals surface area contributed by atoms with Gasteiger partial charge in [-0.05, 0) is 42.7 Å². The maximum Gasteiger partial charge on any atom is 0.274 e. The molecule has 6 heteroatoms. The van der Waals surface area contributed by atoms with E-state index < -0.39 is 5.82 Å². The maximum absolute atomic E-state index is 13.1. The normalized spacial score (nSPS) is 10.0. The van der Waals surface area contributed by atoms with Crippen LogP contribution < -0.4 is 5.32 Å². The lowest BCUT2D eigenvalue weighted by Crippen LogP contribution is -2.13. The molecule has 0 unspecified atom stereocenters. The van der Waals surface area contributed by atoms with Crippen LogP contribution >= 0.6 is 24.0 Å². The van der Waals surface area contributed by atoms with Crippen molar-refractivity contribution >= 4 is 35.6 Å². The Balaban J connectivity index is 0.00000264. The van der Waals surface area contributed by atoms with E-state index in [9.17, 15) is 9.18 Å². The smallest absolute Gasteiger partial charge is 0.274 e. The lowest BCUT2D eigenvalue weighted by Gasteiger charge is -2.06. The number of benzene rings is 1. The van der Waals surface area contributed by atoms with Gasteiger partial charge in [-0.1, -0.05) is 37.4 Å². The lowest BCUT2D eigenvalue weighted by molar-refractivity contribution is 0.102. The average molecular weight is 357 g/mol. The first-order chi connectivity index (χ1) is 10.6. The van der Waals surface area contributed by atoms with Gasteiger partial charge >= 0.3 is 0 Å². The van der Waals surface area contributed by atoms with Gasteiger partial charge in [0.05, 0.1) is 5.02 Å². The summed E-state index contributed by atoms with van der Waals surface area (Å²) in [6.07, 6.45) is 6.18. The average Bonchev–Trinajstić information content (AvgIpc) is 2.52. The van der Waals surface area contributed by atoms with Crippen LogP contribution in [0.5, 0.6) is 0 Å². The number of pyridine rings is 1. The highest BCUT2D eigenvalue weighted by atomic mass is 35.5. The molecule has 0 saturated heterocycles. The molecule has 0 aliphatic carbocycles. The first-order valence-electron chi connectivity index (χ1n) is 7.31. The van der Waals surface area contributed by atoms with E-state index in [0.717, 1.165) is 18.4 Å². The van der Waals surface area contributed by atoms with Crippen LogP contribution in [0.25, 0.3) is 0 Å². The van der Waals surface area contributed by atoms with E-state index in [-0.39, 0.29) is 23.3 Å². The summed E-state index contributed by atoms with van der Waals surface area (Å²) >= 11 is 5.68. The van der Waals surface area contributed by atoms with Crippen molar-refractivity contribution in [2.24, 2.45) is 0 Å². The first kappa shape index (κ1) is 19.4. The van der Waals surface area contributed by atoms with Crippen molar-refractivity contribution in [3.05, 3.63) is 58.6 Å². The third-order valence-corrected chi connectivity index (χ3v) is 3.59. The van der Waals surface area contributed by atoms with Gasteiger partial charge in [0.2, 0.25) is 0 Å². The van der Waals surface area contributed by atoms with Gasteiger partial charge in [-0.3, -0.25) is 9.78 Å². The molecule has 1 heterocycles. The van der Waals surface area contributed by atoms with Crippen LogP contribution in [0.3, 0.4) is 0 Å². The number of halogens is 3. The standard InChI is InChI=1S/C17H18ClFN2O.ClH/c1-2-3-4-5-12-6-9-16(20-11-12)17(22)21-13-7-8-15(19)14(18)10-13;/h6-11H,2-5H2,1H3,(H,21,22);1H. The monoisotopic (exact) mass is 356 g/mol. The van der Waals surface area contributed by atoms with E-state index in [0.29, 0.717) is 11.4 Å². The summed E-state index contributed by atoms with van der Waals surface area (Å²) in [5.41, 5.74) is 1.87. The minimum Gasteiger partial charge on any atom is -0.321 e. The topological polar surface area (TPSA) is 42.0 Å². The summed E-state index contributed by atoms with van der Waals surface area (Å²) in [6, 6.07) is 7.64. The van der Waals surface area contributed by atoms with Crippen LogP contribution in [0.2, 0.25) is 5.02 Å². The molecule has 0 aliphatic rings. The number of hydrogen-bond donors (Lipinski definition) is 1. The molecule has 1 aromatic carbocycles. The summed E-state index contributed by atoms with van der Waals surface area (Å²) in [5.74, 6) is -0.864. The van der Waals surface area contributed by atoms with Crippen LogP contribution in [0.4, 0.5) is 10.1 Å². The molecule has 3 nitrogen and oxygen atoms in total. The van der Waals surface area contributed by atoms with Gasteiger partial charge in [-0.15, -0.1) is 12.4 Å². The number of carbonyl (C=O) groups excluding carboxylic acids is 1. The van der Waals surface area contributed by atoms with Gasteiger partial charge in [0.25, 0.3) is 5.91 Å². The third-order valence-electron chi connectivity index (χ3n) is 3.30. The molecule has 2 rings (SSSR count). The summed E-state index contributed by atoms with van der Waals surface area (Å²) < 4.78 is 13.1. The highest BCUT2D eigenvalue weighted by molar-refractivity contribution is 6.31. The minimum atomic E-state index is -0.519. The number of unbranched alkanes of at least 4 members (excludes halogenated alkanes) is 2. The highest BCUT2D eigenvalue weighted by Gasteiger charge is 2.09. The van der Waals surface area contributed by atoms with Crippen molar-refractivity contribution in [2.75, 3.05) is 5.32 Å². The predicted octanol–water partition coefficient (Wildman–Crippen LogP) is 5.28. The minimum absolute atomic E-state index is 0. The van der Waals surface area contributed by atoms with Crippen LogP contribution in [-0.2, 0) is 6.42 Å². The molecule has 0 radical (unpaired) electrons. The first-order valence-corrected chi connectivity index (χ1v) is 7.69. The molecule has 124 valence electrons. The van der Waals surface area contributed by atoms with Crippen molar-refractivity contribution in [3.8, 4) is 0 Å². The summed E-state index contributed by atoms with van der Waals surface area (Å²) in [5, 5.41) is 2.61.